The summed E-state index contributed by atoms with van der Waals surface area (Å²) in [6.07, 6.45) is 0. The van der Waals surface area contributed by atoms with Crippen LogP contribution in [0.2, 0.25) is 5.02 Å². The van der Waals surface area contributed by atoms with Gasteiger partial charge in [0.2, 0.25) is 5.91 Å². The lowest BCUT2D eigenvalue weighted by Gasteiger charge is -2.15. The Balaban J connectivity index is 2.45. The number of benzene rings is 1. The maximum atomic E-state index is 12.9. The maximum Gasteiger partial charge on any atom is 0.236 e. The van der Waals surface area contributed by atoms with Gasteiger partial charge in [-0.1, -0.05) is 31.5 Å². The molecule has 0 aliphatic heterocycles. The third-order valence-electron chi connectivity index (χ3n) is 2.69. The number of carbonyl (C=O) groups excluding carboxylic acids is 1. The van der Waals surface area contributed by atoms with Crippen molar-refractivity contribution in [1.82, 2.24) is 10.6 Å². The summed E-state index contributed by atoms with van der Waals surface area (Å²) in [5.74, 6) is 0.00565. The second-order valence-electron chi connectivity index (χ2n) is 4.98. The molecule has 1 aromatic rings. The van der Waals surface area contributed by atoms with Crippen molar-refractivity contribution in [1.29, 1.82) is 0 Å². The maximum absolute atomic E-state index is 12.9. The zero-order valence-corrected chi connectivity index (χ0v) is 12.2. The van der Waals surface area contributed by atoms with Crippen LogP contribution in [-0.2, 0) is 11.3 Å². The van der Waals surface area contributed by atoms with Gasteiger partial charge in [0.25, 0.3) is 0 Å². The summed E-state index contributed by atoms with van der Waals surface area (Å²) in [6.45, 7) is 6.94. The van der Waals surface area contributed by atoms with Gasteiger partial charge in [-0.25, -0.2) is 4.39 Å². The van der Waals surface area contributed by atoms with Gasteiger partial charge in [-0.15, -0.1) is 0 Å². The van der Waals surface area contributed by atoms with E-state index in [9.17, 15) is 9.18 Å². The molecule has 0 heterocycles. The fourth-order valence-corrected chi connectivity index (χ4v) is 1.71. The Labute approximate surface area is 118 Å². The SMILES string of the molecule is CC(C)CNC(=O)C(C)NCc1ccc(F)cc1Cl. The smallest absolute Gasteiger partial charge is 0.236 e. The van der Waals surface area contributed by atoms with E-state index in [0.717, 1.165) is 5.56 Å². The summed E-state index contributed by atoms with van der Waals surface area (Å²) >= 11 is 5.91. The molecule has 0 aliphatic carbocycles. The standard InChI is InChI=1S/C14H20ClFN2O/c1-9(2)7-18-14(19)10(3)17-8-11-4-5-12(16)6-13(11)15/h4-6,9-10,17H,7-8H2,1-3H3,(H,18,19). The van der Waals surface area contributed by atoms with Gasteiger partial charge in [-0.3, -0.25) is 4.79 Å². The molecular weight excluding hydrogens is 267 g/mol. The van der Waals surface area contributed by atoms with E-state index in [1.807, 2.05) is 13.8 Å². The highest BCUT2D eigenvalue weighted by Crippen LogP contribution is 2.16. The Morgan fingerprint density at radius 1 is 1.37 bits per heavy atom. The second kappa shape index (κ2) is 7.46. The Morgan fingerprint density at radius 2 is 2.05 bits per heavy atom. The monoisotopic (exact) mass is 286 g/mol. The van der Waals surface area contributed by atoms with Crippen LogP contribution < -0.4 is 10.6 Å². The first-order valence-electron chi connectivity index (χ1n) is 6.35. The Hall–Kier alpha value is -1.13. The highest BCUT2D eigenvalue weighted by molar-refractivity contribution is 6.31. The highest BCUT2D eigenvalue weighted by atomic mass is 35.5. The average molecular weight is 287 g/mol. The molecular formula is C14H20ClFN2O. The van der Waals surface area contributed by atoms with E-state index in [2.05, 4.69) is 10.6 Å². The summed E-state index contributed by atoms with van der Waals surface area (Å²) in [5.41, 5.74) is 0.770. The first-order chi connectivity index (χ1) is 8.90. The molecule has 0 aromatic heterocycles. The predicted molar refractivity (Wildman–Crippen MR) is 75.6 cm³/mol. The van der Waals surface area contributed by atoms with E-state index in [1.165, 1.54) is 12.1 Å². The molecule has 0 fully saturated rings. The van der Waals surface area contributed by atoms with Gasteiger partial charge < -0.3 is 10.6 Å². The summed E-state index contributed by atoms with van der Waals surface area (Å²) in [5, 5.41) is 6.27. The molecule has 1 atom stereocenters. The molecule has 19 heavy (non-hydrogen) atoms. The Kier molecular flexibility index (Phi) is 6.25. The van der Waals surface area contributed by atoms with Gasteiger partial charge in [0, 0.05) is 18.1 Å². The van der Waals surface area contributed by atoms with Gasteiger partial charge in [-0.05, 0) is 30.5 Å². The molecule has 1 aromatic carbocycles. The van der Waals surface area contributed by atoms with E-state index >= 15 is 0 Å². The number of nitrogens with one attached hydrogen (secondary N) is 2. The van der Waals surface area contributed by atoms with Gasteiger partial charge in [0.1, 0.15) is 5.82 Å². The van der Waals surface area contributed by atoms with Gasteiger partial charge in [0.15, 0.2) is 0 Å². The fraction of sp³-hybridized carbons (Fsp3) is 0.500. The molecule has 1 unspecified atom stereocenters. The lowest BCUT2D eigenvalue weighted by Crippen LogP contribution is -2.43. The zero-order chi connectivity index (χ0) is 14.4. The second-order valence-corrected chi connectivity index (χ2v) is 5.38. The van der Waals surface area contributed by atoms with Crippen molar-refractivity contribution in [2.24, 2.45) is 5.92 Å². The van der Waals surface area contributed by atoms with E-state index in [4.69, 9.17) is 11.6 Å². The number of carbonyl (C=O) groups is 1. The Bertz CT molecular complexity index is 437. The first kappa shape index (κ1) is 15.9. The number of hydrogen-bond donors (Lipinski definition) is 2. The molecule has 0 saturated carbocycles. The summed E-state index contributed by atoms with van der Waals surface area (Å²) in [6, 6.07) is 3.91. The number of halogens is 2. The average Bonchev–Trinajstić information content (AvgIpc) is 2.34. The van der Waals surface area contributed by atoms with E-state index in [1.54, 1.807) is 13.0 Å². The molecule has 0 bridgehead atoms. The normalized spacial score (nSPS) is 12.5. The fourth-order valence-electron chi connectivity index (χ4n) is 1.48. The minimum absolute atomic E-state index is 0.0491. The molecule has 0 radical (unpaired) electrons. The van der Waals surface area contributed by atoms with Crippen molar-refractivity contribution in [2.75, 3.05) is 6.54 Å². The largest absolute Gasteiger partial charge is 0.354 e. The van der Waals surface area contributed by atoms with Crippen LogP contribution in [0.25, 0.3) is 0 Å². The van der Waals surface area contributed by atoms with Crippen molar-refractivity contribution in [3.63, 3.8) is 0 Å². The summed E-state index contributed by atoms with van der Waals surface area (Å²) in [7, 11) is 0. The first-order valence-corrected chi connectivity index (χ1v) is 6.73. The van der Waals surface area contributed by atoms with Gasteiger partial charge in [-0.2, -0.15) is 0 Å². The minimum Gasteiger partial charge on any atom is -0.354 e. The predicted octanol–water partition coefficient (Wildman–Crippen LogP) is 2.73. The highest BCUT2D eigenvalue weighted by Gasteiger charge is 2.12. The third kappa shape index (κ3) is 5.57. The molecule has 0 spiro atoms. The van der Waals surface area contributed by atoms with Crippen LogP contribution in [-0.4, -0.2) is 18.5 Å². The number of hydrogen-bond acceptors (Lipinski definition) is 2. The van der Waals surface area contributed by atoms with Crippen LogP contribution in [0, 0.1) is 11.7 Å². The molecule has 2 N–H and O–H groups in total. The van der Waals surface area contributed by atoms with Gasteiger partial charge in [0.05, 0.1) is 6.04 Å². The van der Waals surface area contributed by atoms with Crippen molar-refractivity contribution in [3.05, 3.63) is 34.6 Å². The van der Waals surface area contributed by atoms with Gasteiger partial charge >= 0.3 is 0 Å². The third-order valence-corrected chi connectivity index (χ3v) is 3.04. The van der Waals surface area contributed by atoms with E-state index in [0.29, 0.717) is 24.0 Å². The topological polar surface area (TPSA) is 41.1 Å². The Morgan fingerprint density at radius 3 is 2.63 bits per heavy atom. The molecule has 0 saturated heterocycles. The number of rotatable bonds is 6. The minimum atomic E-state index is -0.364. The van der Waals surface area contributed by atoms with Crippen LogP contribution in [0.1, 0.15) is 26.3 Å². The molecule has 1 amide bonds. The van der Waals surface area contributed by atoms with Crippen LogP contribution in [0.15, 0.2) is 18.2 Å². The van der Waals surface area contributed by atoms with Crippen LogP contribution >= 0.6 is 11.6 Å². The quantitative estimate of drug-likeness (QED) is 0.844. The van der Waals surface area contributed by atoms with Crippen molar-refractivity contribution in [2.45, 2.75) is 33.4 Å². The molecule has 0 aliphatic rings. The number of amides is 1. The molecule has 5 heteroatoms. The van der Waals surface area contributed by atoms with Crippen molar-refractivity contribution in [3.8, 4) is 0 Å². The summed E-state index contributed by atoms with van der Waals surface area (Å²) < 4.78 is 12.9. The van der Waals surface area contributed by atoms with Crippen molar-refractivity contribution < 1.29 is 9.18 Å². The summed E-state index contributed by atoms with van der Waals surface area (Å²) in [4.78, 5) is 11.7. The molecule has 3 nitrogen and oxygen atoms in total. The van der Waals surface area contributed by atoms with Crippen LogP contribution in [0.3, 0.4) is 0 Å². The molecule has 106 valence electrons. The van der Waals surface area contributed by atoms with E-state index in [-0.39, 0.29) is 17.8 Å². The molecule has 1 rings (SSSR count). The van der Waals surface area contributed by atoms with E-state index < -0.39 is 0 Å². The van der Waals surface area contributed by atoms with Crippen LogP contribution in [0.5, 0.6) is 0 Å². The lowest BCUT2D eigenvalue weighted by atomic mass is 10.2. The lowest BCUT2D eigenvalue weighted by molar-refractivity contribution is -0.122. The zero-order valence-electron chi connectivity index (χ0n) is 11.5. The van der Waals surface area contributed by atoms with Crippen LogP contribution in [0.4, 0.5) is 4.39 Å². The van der Waals surface area contributed by atoms with Crippen molar-refractivity contribution >= 4 is 17.5 Å².